The maximum absolute atomic E-state index is 12.2. The molecule has 0 heterocycles. The van der Waals surface area contributed by atoms with E-state index in [-0.39, 0.29) is 17.6 Å². The number of hydrogen-bond acceptors (Lipinski definition) is 3. The molecule has 98 valence electrons. The molecule has 1 aliphatic carbocycles. The fraction of sp³-hybridized carbons (Fsp3) is 0.462. The van der Waals surface area contributed by atoms with E-state index in [9.17, 15) is 13.6 Å². The fourth-order valence-corrected chi connectivity index (χ4v) is 2.07. The molecule has 1 fully saturated rings. The van der Waals surface area contributed by atoms with Crippen LogP contribution < -0.4 is 9.47 Å². The van der Waals surface area contributed by atoms with Gasteiger partial charge >= 0.3 is 6.61 Å². The molecule has 1 saturated carbocycles. The molecule has 0 spiro atoms. The largest absolute Gasteiger partial charge is 0.487 e. The molecule has 0 aromatic heterocycles. The number of carbonyl (C=O) groups is 1. The minimum Gasteiger partial charge on any atom is -0.487 e. The van der Waals surface area contributed by atoms with E-state index in [1.54, 1.807) is 0 Å². The average Bonchev–Trinajstić information content (AvgIpc) is 2.83. The summed E-state index contributed by atoms with van der Waals surface area (Å²) < 4.78 is 34.5. The topological polar surface area (TPSA) is 35.5 Å². The third-order valence-electron chi connectivity index (χ3n) is 2.92. The van der Waals surface area contributed by atoms with Gasteiger partial charge in [-0.15, -0.1) is 0 Å². The summed E-state index contributed by atoms with van der Waals surface area (Å²) in [7, 11) is 0. The number of rotatable bonds is 5. The predicted octanol–water partition coefficient (Wildman–Crippen LogP) is 3.42. The van der Waals surface area contributed by atoms with Crippen LogP contribution in [0, 0.1) is 0 Å². The summed E-state index contributed by atoms with van der Waals surface area (Å²) in [5, 5.41) is 0. The summed E-state index contributed by atoms with van der Waals surface area (Å²) in [6.07, 6.45) is 4.62. The van der Waals surface area contributed by atoms with Gasteiger partial charge in [-0.2, -0.15) is 8.78 Å². The van der Waals surface area contributed by atoms with E-state index in [4.69, 9.17) is 4.74 Å². The van der Waals surface area contributed by atoms with Gasteiger partial charge in [0.15, 0.2) is 11.5 Å². The first-order valence-corrected chi connectivity index (χ1v) is 5.89. The average molecular weight is 256 g/mol. The van der Waals surface area contributed by atoms with E-state index in [1.807, 2.05) is 0 Å². The van der Waals surface area contributed by atoms with Crippen molar-refractivity contribution in [2.45, 2.75) is 38.4 Å². The highest BCUT2D eigenvalue weighted by molar-refractivity contribution is 5.76. The Hall–Kier alpha value is -1.65. The Morgan fingerprint density at radius 3 is 2.56 bits per heavy atom. The molecule has 0 N–H and O–H groups in total. The van der Waals surface area contributed by atoms with Crippen LogP contribution in [-0.4, -0.2) is 19.0 Å². The normalized spacial score (nSPS) is 15.9. The molecule has 5 heteroatoms. The van der Waals surface area contributed by atoms with Crippen LogP contribution in [-0.2, 0) is 0 Å². The van der Waals surface area contributed by atoms with Crippen molar-refractivity contribution in [1.29, 1.82) is 0 Å². The minimum absolute atomic E-state index is 0.0203. The van der Waals surface area contributed by atoms with Crippen LogP contribution in [0.25, 0.3) is 0 Å². The van der Waals surface area contributed by atoms with Crippen LogP contribution in [0.5, 0.6) is 11.5 Å². The van der Waals surface area contributed by atoms with Gasteiger partial charge in [0.25, 0.3) is 0 Å². The van der Waals surface area contributed by atoms with E-state index >= 15 is 0 Å². The summed E-state index contributed by atoms with van der Waals surface area (Å²) in [5.41, 5.74) is 0.379. The smallest absolute Gasteiger partial charge is 0.387 e. The Morgan fingerprint density at radius 2 is 1.94 bits per heavy atom. The van der Waals surface area contributed by atoms with E-state index in [0.29, 0.717) is 11.8 Å². The standard InChI is InChI=1S/C13H14F2O3/c14-13(15)18-11-6-5-9(8-16)7-12(11)17-10-3-1-2-4-10/h5-8,10,13H,1-4H2. The molecule has 0 amide bonds. The highest BCUT2D eigenvalue weighted by Crippen LogP contribution is 2.33. The monoisotopic (exact) mass is 256 g/mol. The number of hydrogen-bond donors (Lipinski definition) is 0. The van der Waals surface area contributed by atoms with Gasteiger partial charge in [-0.25, -0.2) is 0 Å². The fourth-order valence-electron chi connectivity index (χ4n) is 2.07. The van der Waals surface area contributed by atoms with Crippen LogP contribution in [0.4, 0.5) is 8.78 Å². The van der Waals surface area contributed by atoms with E-state index in [1.165, 1.54) is 18.2 Å². The van der Waals surface area contributed by atoms with Gasteiger partial charge in [-0.05, 0) is 43.9 Å². The van der Waals surface area contributed by atoms with Crippen molar-refractivity contribution >= 4 is 6.29 Å². The Balaban J connectivity index is 2.19. The van der Waals surface area contributed by atoms with Gasteiger partial charge in [0.2, 0.25) is 0 Å². The Kier molecular flexibility index (Phi) is 4.12. The first-order chi connectivity index (χ1) is 8.69. The van der Waals surface area contributed by atoms with Gasteiger partial charge < -0.3 is 9.47 Å². The van der Waals surface area contributed by atoms with Crippen molar-refractivity contribution in [3.63, 3.8) is 0 Å². The highest BCUT2D eigenvalue weighted by atomic mass is 19.3. The van der Waals surface area contributed by atoms with Crippen LogP contribution in [0.3, 0.4) is 0 Å². The quantitative estimate of drug-likeness (QED) is 0.757. The zero-order chi connectivity index (χ0) is 13.0. The maximum atomic E-state index is 12.2. The third kappa shape index (κ3) is 3.18. The van der Waals surface area contributed by atoms with Crippen molar-refractivity contribution in [1.82, 2.24) is 0 Å². The molecule has 0 aliphatic heterocycles. The Labute approximate surface area is 104 Å². The van der Waals surface area contributed by atoms with Crippen LogP contribution >= 0.6 is 0 Å². The van der Waals surface area contributed by atoms with Crippen LogP contribution in [0.1, 0.15) is 36.0 Å². The van der Waals surface area contributed by atoms with Gasteiger partial charge in [-0.3, -0.25) is 4.79 Å². The highest BCUT2D eigenvalue weighted by Gasteiger charge is 2.19. The van der Waals surface area contributed by atoms with Crippen LogP contribution in [0.2, 0.25) is 0 Å². The van der Waals surface area contributed by atoms with E-state index in [2.05, 4.69) is 4.74 Å². The first-order valence-electron chi connectivity index (χ1n) is 5.89. The van der Waals surface area contributed by atoms with Gasteiger partial charge in [-0.1, -0.05) is 0 Å². The third-order valence-corrected chi connectivity index (χ3v) is 2.92. The number of halogens is 2. The maximum Gasteiger partial charge on any atom is 0.387 e. The van der Waals surface area contributed by atoms with Crippen LogP contribution in [0.15, 0.2) is 18.2 Å². The molecule has 1 aromatic carbocycles. The lowest BCUT2D eigenvalue weighted by molar-refractivity contribution is -0.0520. The molecule has 0 saturated heterocycles. The SMILES string of the molecule is O=Cc1ccc(OC(F)F)c(OC2CCCC2)c1. The molecule has 1 aromatic rings. The second-order valence-electron chi connectivity index (χ2n) is 4.23. The molecule has 0 unspecified atom stereocenters. The molecular formula is C13H14F2O3. The van der Waals surface area contributed by atoms with Gasteiger partial charge in [0.05, 0.1) is 6.10 Å². The van der Waals surface area contributed by atoms with Crippen molar-refractivity contribution in [3.05, 3.63) is 23.8 Å². The van der Waals surface area contributed by atoms with Gasteiger partial charge in [0, 0.05) is 5.56 Å². The lowest BCUT2D eigenvalue weighted by Gasteiger charge is -2.16. The number of ether oxygens (including phenoxy) is 2. The molecule has 0 bridgehead atoms. The number of carbonyl (C=O) groups excluding carboxylic acids is 1. The number of alkyl halides is 2. The zero-order valence-corrected chi connectivity index (χ0v) is 9.77. The first kappa shape index (κ1) is 12.8. The number of aldehydes is 1. The summed E-state index contributed by atoms with van der Waals surface area (Å²) >= 11 is 0. The molecule has 1 aliphatic rings. The second kappa shape index (κ2) is 5.80. The Bertz CT molecular complexity index is 415. The summed E-state index contributed by atoms with van der Waals surface area (Å²) in [6.45, 7) is -2.90. The lowest BCUT2D eigenvalue weighted by Crippen LogP contribution is -2.13. The molecule has 0 radical (unpaired) electrons. The molecule has 2 rings (SSSR count). The minimum atomic E-state index is -2.90. The van der Waals surface area contributed by atoms with Gasteiger partial charge in [0.1, 0.15) is 6.29 Å². The summed E-state index contributed by atoms with van der Waals surface area (Å²) in [6, 6.07) is 4.19. The predicted molar refractivity (Wildman–Crippen MR) is 61.3 cm³/mol. The van der Waals surface area contributed by atoms with Crippen molar-refractivity contribution in [3.8, 4) is 11.5 Å². The van der Waals surface area contributed by atoms with E-state index in [0.717, 1.165) is 25.7 Å². The van der Waals surface area contributed by atoms with Crippen molar-refractivity contribution in [2.75, 3.05) is 0 Å². The second-order valence-corrected chi connectivity index (χ2v) is 4.23. The summed E-state index contributed by atoms with van der Waals surface area (Å²) in [5.74, 6) is 0.189. The molecule has 3 nitrogen and oxygen atoms in total. The zero-order valence-electron chi connectivity index (χ0n) is 9.77. The van der Waals surface area contributed by atoms with Crippen molar-refractivity contribution in [2.24, 2.45) is 0 Å². The summed E-state index contributed by atoms with van der Waals surface area (Å²) in [4.78, 5) is 10.7. The molecular weight excluding hydrogens is 242 g/mol. The van der Waals surface area contributed by atoms with E-state index < -0.39 is 6.61 Å². The Morgan fingerprint density at radius 1 is 1.22 bits per heavy atom. The van der Waals surface area contributed by atoms with Crippen molar-refractivity contribution < 1.29 is 23.0 Å². The molecule has 18 heavy (non-hydrogen) atoms. The lowest BCUT2D eigenvalue weighted by atomic mass is 10.2. The molecule has 0 atom stereocenters. The number of benzene rings is 1.